The van der Waals surface area contributed by atoms with E-state index in [1.54, 1.807) is 61.7 Å². The first-order valence-electron chi connectivity index (χ1n) is 11.9. The first kappa shape index (κ1) is 26.6. The van der Waals surface area contributed by atoms with Crippen molar-refractivity contribution in [2.45, 2.75) is 25.4 Å². The van der Waals surface area contributed by atoms with Gasteiger partial charge >= 0.3 is 6.03 Å². The molecule has 4 rings (SSSR count). The molecule has 1 fully saturated rings. The molecule has 10 nitrogen and oxygen atoms in total. The maximum Gasteiger partial charge on any atom is 0.325 e. The smallest absolute Gasteiger partial charge is 0.325 e. The quantitative estimate of drug-likeness (QED) is 0.275. The minimum Gasteiger partial charge on any atom is -0.491 e. The van der Waals surface area contributed by atoms with Crippen LogP contribution >= 0.6 is 0 Å². The van der Waals surface area contributed by atoms with Crippen LogP contribution in [0.3, 0.4) is 0 Å². The second-order valence-corrected chi connectivity index (χ2v) is 8.62. The second-order valence-electron chi connectivity index (χ2n) is 8.62. The molecule has 2 atom stereocenters. The maximum atomic E-state index is 14.5. The van der Waals surface area contributed by atoms with Crippen LogP contribution in [0.4, 0.5) is 14.9 Å². The predicted molar refractivity (Wildman–Crippen MR) is 134 cm³/mol. The molecule has 0 bridgehead atoms. The molecule has 0 aliphatic carbocycles. The van der Waals surface area contributed by atoms with Gasteiger partial charge in [0.15, 0.2) is 0 Å². The summed E-state index contributed by atoms with van der Waals surface area (Å²) in [6.45, 7) is 1.69. The van der Waals surface area contributed by atoms with Gasteiger partial charge in [0, 0.05) is 16.9 Å². The average molecular weight is 524 g/mol. The number of ether oxygens (including phenoxy) is 1. The highest BCUT2D eigenvalue weighted by Crippen LogP contribution is 2.27. The van der Waals surface area contributed by atoms with E-state index in [9.17, 15) is 18.8 Å². The zero-order valence-electron chi connectivity index (χ0n) is 20.9. The molecule has 11 heteroatoms. The number of amides is 4. The fraction of sp³-hybridized carbons (Fsp3) is 0.259. The average Bonchev–Trinajstić information content (AvgIpc) is 3.21. The lowest BCUT2D eigenvalue weighted by Crippen LogP contribution is -2.52. The number of halogens is 1. The molecule has 1 aromatic heterocycles. The lowest BCUT2D eigenvalue weighted by atomic mass is 10.0. The number of anilines is 1. The van der Waals surface area contributed by atoms with E-state index < -0.39 is 35.7 Å². The van der Waals surface area contributed by atoms with Gasteiger partial charge in [-0.05, 0) is 48.4 Å². The summed E-state index contributed by atoms with van der Waals surface area (Å²) in [5.74, 6) is -1.52. The molecule has 1 aliphatic rings. The number of aliphatic hydroxyl groups excluding tert-OH is 1. The minimum atomic E-state index is -1.32. The van der Waals surface area contributed by atoms with Crippen LogP contribution in [0.1, 0.15) is 22.9 Å². The number of aromatic nitrogens is 1. The zero-order chi connectivity index (χ0) is 27.2. The first-order chi connectivity index (χ1) is 18.3. The Kier molecular flexibility index (Phi) is 8.17. The minimum absolute atomic E-state index is 0.0691. The third kappa shape index (κ3) is 5.73. The molecule has 1 aliphatic heterocycles. The van der Waals surface area contributed by atoms with Crippen LogP contribution in [0, 0.1) is 12.7 Å². The van der Waals surface area contributed by atoms with Gasteiger partial charge in [0.05, 0.1) is 18.7 Å². The van der Waals surface area contributed by atoms with E-state index in [-0.39, 0.29) is 25.3 Å². The molecular formula is C27H28FN4O6+. The molecule has 2 aromatic carbocycles. The molecule has 38 heavy (non-hydrogen) atoms. The largest absolute Gasteiger partial charge is 0.491 e. The van der Waals surface area contributed by atoms with Gasteiger partial charge in [0.25, 0.3) is 5.91 Å². The number of aliphatic hydroxyl groups is 1. The van der Waals surface area contributed by atoms with E-state index in [1.165, 1.54) is 24.0 Å². The molecule has 3 aromatic rings. The Hall–Kier alpha value is -4.51. The number of nitrogens with zero attached hydrogens (tertiary/aromatic N) is 2. The zero-order valence-corrected chi connectivity index (χ0v) is 20.9. The normalized spacial score (nSPS) is 15.7. The predicted octanol–water partition coefficient (Wildman–Crippen LogP) is 1.69. The lowest BCUT2D eigenvalue weighted by molar-refractivity contribution is -0.890. The molecule has 1 saturated heterocycles. The summed E-state index contributed by atoms with van der Waals surface area (Å²) in [7, 11) is 1.44. The number of hydrogen-bond acceptors (Lipinski definition) is 6. The summed E-state index contributed by atoms with van der Waals surface area (Å²) >= 11 is 0. The molecule has 3 N–H and O–H groups in total. The highest BCUT2D eigenvalue weighted by Gasteiger charge is 2.46. The third-order valence-electron chi connectivity index (χ3n) is 6.04. The maximum absolute atomic E-state index is 14.5. The highest BCUT2D eigenvalue weighted by atomic mass is 19.1. The Balaban J connectivity index is 1.64. The second kappa shape index (κ2) is 11.7. The number of aryl methyl sites for hydroxylation is 1. The van der Waals surface area contributed by atoms with Gasteiger partial charge in [-0.1, -0.05) is 18.2 Å². The van der Waals surface area contributed by atoms with Crippen molar-refractivity contribution >= 4 is 23.5 Å². The number of hydrogen-bond donors (Lipinski definition) is 3. The van der Waals surface area contributed by atoms with Gasteiger partial charge in [-0.3, -0.25) is 14.4 Å². The summed E-state index contributed by atoms with van der Waals surface area (Å²) in [4.78, 5) is 46.2. The van der Waals surface area contributed by atoms with Crippen molar-refractivity contribution in [2.75, 3.05) is 25.6 Å². The van der Waals surface area contributed by atoms with Crippen molar-refractivity contribution in [3.63, 3.8) is 0 Å². The van der Waals surface area contributed by atoms with Gasteiger partial charge in [-0.2, -0.15) is 0 Å². The lowest BCUT2D eigenvalue weighted by Gasteiger charge is -2.24. The van der Waals surface area contributed by atoms with Crippen molar-refractivity contribution in [3.8, 4) is 5.75 Å². The third-order valence-corrected chi connectivity index (χ3v) is 6.04. The summed E-state index contributed by atoms with van der Waals surface area (Å²) < 4.78 is 21.3. The number of nitrogens with one attached hydrogen (secondary N) is 2. The molecular weight excluding hydrogens is 495 g/mol. The van der Waals surface area contributed by atoms with Crippen molar-refractivity contribution in [2.24, 2.45) is 0 Å². The number of rotatable bonds is 10. The van der Waals surface area contributed by atoms with Crippen molar-refractivity contribution in [1.82, 2.24) is 10.2 Å². The Morgan fingerprint density at radius 1 is 1.18 bits per heavy atom. The molecule has 2 heterocycles. The van der Waals surface area contributed by atoms with E-state index in [1.807, 2.05) is 0 Å². The number of carbonyl (C=O) groups is 3. The van der Waals surface area contributed by atoms with E-state index in [4.69, 9.17) is 14.7 Å². The Morgan fingerprint density at radius 2 is 1.95 bits per heavy atom. The van der Waals surface area contributed by atoms with Crippen LogP contribution in [0.5, 0.6) is 5.75 Å². The SMILES string of the molecule is CO[n+]1ccccc1CC(C(=O)Nc1ccc(C)cc1F)N1C(=O)N[C@H](c2ccc(OCCO)cc2)C1=O. The number of pyridine rings is 1. The van der Waals surface area contributed by atoms with Crippen molar-refractivity contribution < 1.29 is 38.2 Å². The molecule has 0 radical (unpaired) electrons. The van der Waals surface area contributed by atoms with E-state index in [2.05, 4.69) is 10.6 Å². The standard InChI is InChI=1S/C27H27FN4O6/c1-17-6-11-22(21(28)15-17)29-25(34)23(16-19-5-3-4-12-31(19)37-2)32-26(35)24(30-27(32)36)18-7-9-20(10-8-18)38-14-13-33/h3-12,15,23-24,33H,13-14,16H2,1-2H3,(H-,29,30,34,36)/p+1/t23?,24-/m1/s1. The first-order valence-corrected chi connectivity index (χ1v) is 11.9. The fourth-order valence-corrected chi connectivity index (χ4v) is 4.17. The van der Waals surface area contributed by atoms with Gasteiger partial charge in [-0.15, -0.1) is 0 Å². The molecule has 0 spiro atoms. The van der Waals surface area contributed by atoms with Crippen LogP contribution in [0.2, 0.25) is 0 Å². The van der Waals surface area contributed by atoms with E-state index >= 15 is 0 Å². The Bertz CT molecular complexity index is 1330. The Labute approximate surface area is 218 Å². The van der Waals surface area contributed by atoms with Crippen LogP contribution < -0.4 is 24.9 Å². The van der Waals surface area contributed by atoms with Crippen LogP contribution in [-0.4, -0.2) is 54.2 Å². The topological polar surface area (TPSA) is 121 Å². The molecule has 198 valence electrons. The molecule has 0 saturated carbocycles. The summed E-state index contributed by atoms with van der Waals surface area (Å²) in [6.07, 6.45) is 1.53. The molecule has 4 amide bonds. The highest BCUT2D eigenvalue weighted by molar-refractivity contribution is 6.09. The fourth-order valence-electron chi connectivity index (χ4n) is 4.17. The summed E-state index contributed by atoms with van der Waals surface area (Å²) in [5, 5.41) is 14.1. The van der Waals surface area contributed by atoms with Gasteiger partial charge < -0.3 is 20.5 Å². The van der Waals surface area contributed by atoms with Crippen LogP contribution in [0.15, 0.2) is 66.9 Å². The van der Waals surface area contributed by atoms with Gasteiger partial charge in [0.1, 0.15) is 37.4 Å². The Morgan fingerprint density at radius 3 is 2.63 bits per heavy atom. The van der Waals surface area contributed by atoms with Gasteiger partial charge in [-0.25, -0.2) is 14.1 Å². The van der Waals surface area contributed by atoms with Crippen LogP contribution in [-0.2, 0) is 16.0 Å². The summed E-state index contributed by atoms with van der Waals surface area (Å²) in [5.41, 5.74) is 1.60. The van der Waals surface area contributed by atoms with Crippen LogP contribution in [0.25, 0.3) is 0 Å². The van der Waals surface area contributed by atoms with E-state index in [0.717, 1.165) is 4.90 Å². The van der Waals surface area contributed by atoms with E-state index in [0.29, 0.717) is 22.6 Å². The number of imide groups is 1. The van der Waals surface area contributed by atoms with Crippen molar-refractivity contribution in [1.29, 1.82) is 0 Å². The van der Waals surface area contributed by atoms with Crippen molar-refractivity contribution in [3.05, 3.63) is 89.5 Å². The number of urea groups is 1. The number of benzene rings is 2. The molecule has 1 unspecified atom stereocenters. The number of carbonyl (C=O) groups excluding carboxylic acids is 3. The monoisotopic (exact) mass is 523 g/mol. The summed E-state index contributed by atoms with van der Waals surface area (Å²) in [6, 6.07) is 12.8. The van der Waals surface area contributed by atoms with Gasteiger partial charge in [0.2, 0.25) is 17.8 Å².